The maximum absolute atomic E-state index is 12.4. The van der Waals surface area contributed by atoms with E-state index in [0.29, 0.717) is 16.0 Å². The fraction of sp³-hybridized carbons (Fsp3) is 0.238. The summed E-state index contributed by atoms with van der Waals surface area (Å²) in [6.07, 6.45) is 0.759. The number of thioether (sulfide) groups is 1. The molecule has 0 aliphatic heterocycles. The predicted molar refractivity (Wildman–Crippen MR) is 124 cm³/mol. The van der Waals surface area contributed by atoms with E-state index in [1.54, 1.807) is 23.2 Å². The fourth-order valence-corrected chi connectivity index (χ4v) is 5.47. The number of carbonyl (C=O) groups is 1. The quantitative estimate of drug-likeness (QED) is 0.372. The van der Waals surface area contributed by atoms with Gasteiger partial charge in [-0.3, -0.25) is 14.8 Å². The number of benzene rings is 1. The number of thiazole rings is 1. The Labute approximate surface area is 187 Å². The second-order valence-corrected chi connectivity index (χ2v) is 9.69. The van der Waals surface area contributed by atoms with Crippen LogP contribution in [0, 0.1) is 13.8 Å². The Bertz CT molecular complexity index is 1150. The molecule has 1 amide bonds. The van der Waals surface area contributed by atoms with Crippen LogP contribution >= 0.6 is 34.4 Å². The highest BCUT2D eigenvalue weighted by Gasteiger charge is 2.20. The zero-order chi connectivity index (χ0) is 21.1. The number of nitrogens with zero attached hydrogens (tertiary/aromatic N) is 4. The first-order chi connectivity index (χ1) is 14.5. The standard InChI is InChI=1S/C21H21N5OS3/c1-13-6-7-18(14(2)9-13)26(15(3)27)21-22-16(12-30-21)11-29-20-23-19(24-25-20)10-17-5-4-8-28-17/h4-9,12H,10-11H2,1-3H3,(H,23,24,25). The second kappa shape index (κ2) is 9.11. The number of H-pyrrole nitrogens is 1. The predicted octanol–water partition coefficient (Wildman–Crippen LogP) is 5.51. The first-order valence-corrected chi connectivity index (χ1v) is 12.1. The monoisotopic (exact) mass is 455 g/mol. The van der Waals surface area contributed by atoms with Crippen LogP contribution in [0.4, 0.5) is 10.8 Å². The molecule has 0 saturated heterocycles. The molecule has 0 unspecified atom stereocenters. The van der Waals surface area contributed by atoms with E-state index in [4.69, 9.17) is 4.98 Å². The highest BCUT2D eigenvalue weighted by molar-refractivity contribution is 7.98. The van der Waals surface area contributed by atoms with Gasteiger partial charge in [-0.2, -0.15) is 0 Å². The molecule has 0 aliphatic carbocycles. The van der Waals surface area contributed by atoms with Gasteiger partial charge in [-0.05, 0) is 36.9 Å². The van der Waals surface area contributed by atoms with Crippen molar-refractivity contribution in [2.75, 3.05) is 4.90 Å². The first-order valence-electron chi connectivity index (χ1n) is 9.38. The Hall–Kier alpha value is -2.49. The van der Waals surface area contributed by atoms with Gasteiger partial charge in [0.25, 0.3) is 0 Å². The summed E-state index contributed by atoms with van der Waals surface area (Å²) in [7, 11) is 0. The molecule has 6 nitrogen and oxygen atoms in total. The molecule has 0 radical (unpaired) electrons. The number of hydrogen-bond donors (Lipinski definition) is 1. The number of aryl methyl sites for hydroxylation is 2. The Morgan fingerprint density at radius 3 is 2.80 bits per heavy atom. The van der Waals surface area contributed by atoms with Gasteiger partial charge >= 0.3 is 0 Å². The normalized spacial score (nSPS) is 11.0. The Kier molecular flexibility index (Phi) is 6.31. The van der Waals surface area contributed by atoms with E-state index in [2.05, 4.69) is 32.7 Å². The molecule has 4 rings (SSSR count). The topological polar surface area (TPSA) is 74.8 Å². The van der Waals surface area contributed by atoms with Crippen molar-refractivity contribution in [2.45, 2.75) is 38.1 Å². The Morgan fingerprint density at radius 2 is 2.07 bits per heavy atom. The number of aromatic amines is 1. The molecule has 0 saturated carbocycles. The van der Waals surface area contributed by atoms with Crippen molar-refractivity contribution >= 4 is 51.2 Å². The van der Waals surface area contributed by atoms with Crippen LogP contribution in [0.3, 0.4) is 0 Å². The lowest BCUT2D eigenvalue weighted by Crippen LogP contribution is -2.23. The van der Waals surface area contributed by atoms with Crippen molar-refractivity contribution in [3.63, 3.8) is 0 Å². The van der Waals surface area contributed by atoms with Crippen molar-refractivity contribution < 1.29 is 4.79 Å². The van der Waals surface area contributed by atoms with Crippen molar-refractivity contribution in [1.82, 2.24) is 20.2 Å². The van der Waals surface area contributed by atoms with E-state index in [1.807, 2.05) is 37.4 Å². The molecule has 0 spiro atoms. The Morgan fingerprint density at radius 1 is 1.20 bits per heavy atom. The summed E-state index contributed by atoms with van der Waals surface area (Å²) < 4.78 is 0. The maximum atomic E-state index is 12.4. The molecule has 0 fully saturated rings. The number of amides is 1. The van der Waals surface area contributed by atoms with Gasteiger partial charge in [-0.25, -0.2) is 9.97 Å². The van der Waals surface area contributed by atoms with E-state index in [0.717, 1.165) is 29.2 Å². The molecule has 0 atom stereocenters. The third kappa shape index (κ3) is 4.80. The largest absolute Gasteiger partial charge is 0.274 e. The number of rotatable bonds is 7. The van der Waals surface area contributed by atoms with Gasteiger partial charge in [0.2, 0.25) is 11.1 Å². The average Bonchev–Trinajstić information content (AvgIpc) is 3.45. The molecule has 1 N–H and O–H groups in total. The third-order valence-corrected chi connectivity index (χ3v) is 7.05. The highest BCUT2D eigenvalue weighted by Crippen LogP contribution is 2.33. The summed E-state index contributed by atoms with van der Waals surface area (Å²) in [6.45, 7) is 5.63. The zero-order valence-electron chi connectivity index (χ0n) is 16.9. The lowest BCUT2D eigenvalue weighted by Gasteiger charge is -2.20. The van der Waals surface area contributed by atoms with Gasteiger partial charge in [0, 0.05) is 29.4 Å². The van der Waals surface area contributed by atoms with Gasteiger partial charge < -0.3 is 0 Å². The molecule has 154 valence electrons. The highest BCUT2D eigenvalue weighted by atomic mass is 32.2. The number of carbonyl (C=O) groups excluding carboxylic acids is 1. The van der Waals surface area contributed by atoms with E-state index < -0.39 is 0 Å². The number of thiophene rings is 1. The molecule has 0 aliphatic rings. The van der Waals surface area contributed by atoms with Gasteiger partial charge in [0.05, 0.1) is 11.4 Å². The summed E-state index contributed by atoms with van der Waals surface area (Å²) >= 11 is 4.71. The van der Waals surface area contributed by atoms with Crippen LogP contribution in [0.25, 0.3) is 0 Å². The maximum Gasteiger partial charge on any atom is 0.230 e. The molecular weight excluding hydrogens is 434 g/mol. The van der Waals surface area contributed by atoms with Gasteiger partial charge in [0.15, 0.2) is 5.13 Å². The number of anilines is 2. The Balaban J connectivity index is 1.44. The minimum absolute atomic E-state index is 0.0531. The number of nitrogens with one attached hydrogen (secondary N) is 1. The molecular formula is C21H21N5OS3. The van der Waals surface area contributed by atoms with Crippen LogP contribution in [0.5, 0.6) is 0 Å². The van der Waals surface area contributed by atoms with Crippen LogP contribution < -0.4 is 4.90 Å². The van der Waals surface area contributed by atoms with Crippen LogP contribution in [0.1, 0.15) is 34.4 Å². The third-order valence-electron chi connectivity index (χ3n) is 4.42. The van der Waals surface area contributed by atoms with E-state index >= 15 is 0 Å². The molecule has 30 heavy (non-hydrogen) atoms. The number of hydrogen-bond acceptors (Lipinski definition) is 7. The second-order valence-electron chi connectivity index (χ2n) is 6.88. The molecule has 3 heterocycles. The SMILES string of the molecule is CC(=O)N(c1nc(CSc2n[nH]c(Cc3cccs3)n2)cs1)c1ccc(C)cc1C. The summed E-state index contributed by atoms with van der Waals surface area (Å²) in [4.78, 5) is 24.5. The fourth-order valence-electron chi connectivity index (χ4n) is 3.07. The van der Waals surface area contributed by atoms with Crippen LogP contribution in [0.2, 0.25) is 0 Å². The summed E-state index contributed by atoms with van der Waals surface area (Å²) in [5.74, 6) is 1.45. The molecule has 0 bridgehead atoms. The lowest BCUT2D eigenvalue weighted by molar-refractivity contribution is -0.115. The summed E-state index contributed by atoms with van der Waals surface area (Å²) in [6, 6.07) is 10.2. The van der Waals surface area contributed by atoms with Crippen LogP contribution in [0.15, 0.2) is 46.2 Å². The summed E-state index contributed by atoms with van der Waals surface area (Å²) in [5, 5.41) is 12.7. The smallest absolute Gasteiger partial charge is 0.230 e. The van der Waals surface area contributed by atoms with Crippen molar-refractivity contribution in [2.24, 2.45) is 0 Å². The first kappa shape index (κ1) is 20.8. The minimum atomic E-state index is -0.0531. The molecule has 9 heteroatoms. The van der Waals surface area contributed by atoms with Crippen molar-refractivity contribution in [3.8, 4) is 0 Å². The molecule has 4 aromatic rings. The van der Waals surface area contributed by atoms with E-state index in [-0.39, 0.29) is 5.91 Å². The molecule has 1 aromatic carbocycles. The minimum Gasteiger partial charge on any atom is -0.274 e. The van der Waals surface area contributed by atoms with Gasteiger partial charge in [-0.1, -0.05) is 35.5 Å². The zero-order valence-corrected chi connectivity index (χ0v) is 19.3. The van der Waals surface area contributed by atoms with E-state index in [9.17, 15) is 4.79 Å². The molecule has 3 aromatic heterocycles. The van der Waals surface area contributed by atoms with Gasteiger partial charge in [0.1, 0.15) is 5.82 Å². The van der Waals surface area contributed by atoms with Crippen LogP contribution in [-0.2, 0) is 17.0 Å². The average molecular weight is 456 g/mol. The van der Waals surface area contributed by atoms with Gasteiger partial charge in [-0.15, -0.1) is 27.8 Å². The summed E-state index contributed by atoms with van der Waals surface area (Å²) in [5.41, 5.74) is 3.99. The number of aromatic nitrogens is 4. The van der Waals surface area contributed by atoms with Crippen molar-refractivity contribution in [1.29, 1.82) is 0 Å². The van der Waals surface area contributed by atoms with E-state index in [1.165, 1.54) is 33.5 Å². The van der Waals surface area contributed by atoms with Crippen LogP contribution in [-0.4, -0.2) is 26.1 Å². The lowest BCUT2D eigenvalue weighted by atomic mass is 10.1. The van der Waals surface area contributed by atoms with Crippen molar-refractivity contribution in [3.05, 3.63) is 68.6 Å².